The van der Waals surface area contributed by atoms with Crippen LogP contribution in [0, 0.1) is 0 Å². The Labute approximate surface area is 166 Å². The number of rotatable bonds is 4. The zero-order chi connectivity index (χ0) is 19.4. The molecule has 1 saturated carbocycles. The van der Waals surface area contributed by atoms with Crippen LogP contribution in [0.3, 0.4) is 0 Å². The molecule has 146 valence electrons. The highest BCUT2D eigenvalue weighted by molar-refractivity contribution is 5.86. The normalized spacial score (nSPS) is 16.3. The van der Waals surface area contributed by atoms with Crippen LogP contribution in [0.2, 0.25) is 0 Å². The Bertz CT molecular complexity index is 1240. The second-order valence-electron chi connectivity index (χ2n) is 7.79. The van der Waals surface area contributed by atoms with Crippen molar-refractivity contribution in [1.29, 1.82) is 0 Å². The number of para-hydroxylation sites is 1. The van der Waals surface area contributed by atoms with E-state index in [1.165, 1.54) is 12.8 Å². The van der Waals surface area contributed by atoms with Gasteiger partial charge < -0.3 is 14.7 Å². The lowest BCUT2D eigenvalue weighted by Crippen LogP contribution is -2.36. The summed E-state index contributed by atoms with van der Waals surface area (Å²) in [5.41, 5.74) is 4.28. The molecule has 0 radical (unpaired) electrons. The van der Waals surface area contributed by atoms with Gasteiger partial charge in [0, 0.05) is 36.2 Å². The predicted molar refractivity (Wildman–Crippen MR) is 106 cm³/mol. The highest BCUT2D eigenvalue weighted by Crippen LogP contribution is 2.27. The molecule has 2 aliphatic rings. The predicted octanol–water partition coefficient (Wildman–Crippen LogP) is 2.57. The smallest absolute Gasteiger partial charge is 0.229 e. The maximum atomic E-state index is 13.0. The van der Waals surface area contributed by atoms with Crippen molar-refractivity contribution in [2.75, 3.05) is 11.9 Å². The minimum atomic E-state index is 0.0429. The van der Waals surface area contributed by atoms with Crippen molar-refractivity contribution < 1.29 is 9.32 Å². The number of fused-ring (bicyclic) bond motifs is 4. The molecular formula is C21H20N6O2. The summed E-state index contributed by atoms with van der Waals surface area (Å²) in [6.45, 7) is 1.17. The molecule has 8 nitrogen and oxygen atoms in total. The molecule has 0 atom stereocenters. The SMILES string of the molecule is O=C(Cc1noc2ccccc12)N1CCc2nn3ccc(NC4CC4)nc3c2C1. The molecule has 1 aromatic carbocycles. The maximum absolute atomic E-state index is 13.0. The van der Waals surface area contributed by atoms with Crippen LogP contribution in [0.15, 0.2) is 41.1 Å². The lowest BCUT2D eigenvalue weighted by Gasteiger charge is -2.26. The van der Waals surface area contributed by atoms with Crippen molar-refractivity contribution in [1.82, 2.24) is 24.7 Å². The van der Waals surface area contributed by atoms with Gasteiger partial charge in [-0.25, -0.2) is 9.50 Å². The number of benzene rings is 1. The number of anilines is 1. The lowest BCUT2D eigenvalue weighted by molar-refractivity contribution is -0.131. The van der Waals surface area contributed by atoms with E-state index < -0.39 is 0 Å². The van der Waals surface area contributed by atoms with Gasteiger partial charge in [-0.05, 0) is 31.0 Å². The molecule has 1 fully saturated rings. The molecule has 0 spiro atoms. The summed E-state index contributed by atoms with van der Waals surface area (Å²) in [7, 11) is 0. The van der Waals surface area contributed by atoms with Crippen LogP contribution in [-0.4, -0.2) is 43.1 Å². The zero-order valence-electron chi connectivity index (χ0n) is 15.8. The average molecular weight is 388 g/mol. The summed E-state index contributed by atoms with van der Waals surface area (Å²) in [5.74, 6) is 0.918. The van der Waals surface area contributed by atoms with E-state index in [4.69, 9.17) is 9.51 Å². The fraction of sp³-hybridized carbons (Fsp3) is 0.333. The van der Waals surface area contributed by atoms with Crippen LogP contribution >= 0.6 is 0 Å². The first kappa shape index (κ1) is 16.5. The van der Waals surface area contributed by atoms with Crippen LogP contribution in [-0.2, 0) is 24.2 Å². The maximum Gasteiger partial charge on any atom is 0.229 e. The quantitative estimate of drug-likeness (QED) is 0.578. The second-order valence-corrected chi connectivity index (χ2v) is 7.79. The third-order valence-corrected chi connectivity index (χ3v) is 5.68. The van der Waals surface area contributed by atoms with Gasteiger partial charge in [-0.15, -0.1) is 0 Å². The Morgan fingerprint density at radius 3 is 3.03 bits per heavy atom. The van der Waals surface area contributed by atoms with Crippen molar-refractivity contribution in [2.24, 2.45) is 0 Å². The Hall–Kier alpha value is -3.42. The van der Waals surface area contributed by atoms with Crippen LogP contribution in [0.25, 0.3) is 16.6 Å². The van der Waals surface area contributed by atoms with E-state index in [1.807, 2.05) is 45.9 Å². The van der Waals surface area contributed by atoms with Gasteiger partial charge in [0.1, 0.15) is 11.5 Å². The first-order chi connectivity index (χ1) is 14.2. The van der Waals surface area contributed by atoms with Crippen LogP contribution in [0.1, 0.15) is 29.8 Å². The minimum Gasteiger partial charge on any atom is -0.367 e. The van der Waals surface area contributed by atoms with E-state index >= 15 is 0 Å². The van der Waals surface area contributed by atoms with Crippen molar-refractivity contribution >= 4 is 28.3 Å². The number of nitrogens with zero attached hydrogens (tertiary/aromatic N) is 5. The molecule has 1 aliphatic heterocycles. The van der Waals surface area contributed by atoms with E-state index in [0.29, 0.717) is 30.4 Å². The van der Waals surface area contributed by atoms with E-state index in [2.05, 4.69) is 15.6 Å². The van der Waals surface area contributed by atoms with Gasteiger partial charge in [-0.1, -0.05) is 17.3 Å². The lowest BCUT2D eigenvalue weighted by atomic mass is 10.1. The third kappa shape index (κ3) is 2.91. The van der Waals surface area contributed by atoms with E-state index in [9.17, 15) is 4.79 Å². The third-order valence-electron chi connectivity index (χ3n) is 5.68. The second kappa shape index (κ2) is 6.30. The van der Waals surface area contributed by atoms with Crippen molar-refractivity contribution in [3.05, 3.63) is 53.5 Å². The Balaban J connectivity index is 1.26. The molecule has 4 heterocycles. The van der Waals surface area contributed by atoms with Crippen LogP contribution < -0.4 is 5.32 Å². The zero-order valence-corrected chi connectivity index (χ0v) is 15.8. The topological polar surface area (TPSA) is 88.6 Å². The van der Waals surface area contributed by atoms with Crippen molar-refractivity contribution in [3.8, 4) is 0 Å². The number of nitrogens with one attached hydrogen (secondary N) is 1. The summed E-state index contributed by atoms with van der Waals surface area (Å²) >= 11 is 0. The largest absolute Gasteiger partial charge is 0.367 e. The molecule has 29 heavy (non-hydrogen) atoms. The molecule has 1 N–H and O–H groups in total. The summed E-state index contributed by atoms with van der Waals surface area (Å²) in [5, 5.41) is 13.1. The molecular weight excluding hydrogens is 368 g/mol. The van der Waals surface area contributed by atoms with Gasteiger partial charge >= 0.3 is 0 Å². The number of carbonyl (C=O) groups is 1. The summed E-state index contributed by atoms with van der Waals surface area (Å²) in [6.07, 6.45) is 5.30. The molecule has 4 aromatic rings. The van der Waals surface area contributed by atoms with E-state index in [-0.39, 0.29) is 12.3 Å². The number of hydrogen-bond donors (Lipinski definition) is 1. The summed E-state index contributed by atoms with van der Waals surface area (Å²) in [6, 6.07) is 10.1. The number of carbonyl (C=O) groups excluding carboxylic acids is 1. The molecule has 0 unspecified atom stereocenters. The van der Waals surface area contributed by atoms with Gasteiger partial charge in [0.15, 0.2) is 11.2 Å². The molecule has 0 saturated heterocycles. The van der Waals surface area contributed by atoms with Gasteiger partial charge in [0.2, 0.25) is 5.91 Å². The molecule has 3 aromatic heterocycles. The van der Waals surface area contributed by atoms with Crippen LogP contribution in [0.5, 0.6) is 0 Å². The van der Waals surface area contributed by atoms with Gasteiger partial charge in [-0.3, -0.25) is 4.79 Å². The monoisotopic (exact) mass is 388 g/mol. The Kier molecular flexibility index (Phi) is 3.59. The summed E-state index contributed by atoms with van der Waals surface area (Å²) < 4.78 is 7.16. The number of amides is 1. The number of hydrogen-bond acceptors (Lipinski definition) is 6. The van der Waals surface area contributed by atoms with Gasteiger partial charge in [0.25, 0.3) is 0 Å². The minimum absolute atomic E-state index is 0.0429. The van der Waals surface area contributed by atoms with Gasteiger partial charge in [-0.2, -0.15) is 5.10 Å². The van der Waals surface area contributed by atoms with Crippen molar-refractivity contribution in [3.63, 3.8) is 0 Å². The Morgan fingerprint density at radius 2 is 2.14 bits per heavy atom. The molecule has 6 rings (SSSR count). The molecule has 0 bridgehead atoms. The number of aromatic nitrogens is 4. The standard InChI is InChI=1S/C21H20N6O2/c28-20(11-17-14-3-1-2-4-18(14)29-25-17)26-9-7-16-15(12-26)21-23-19(22-13-5-6-13)8-10-27(21)24-16/h1-4,8,10,13H,5-7,9,11-12H2,(H,22,23). The van der Waals surface area contributed by atoms with E-state index in [1.54, 1.807) is 0 Å². The fourth-order valence-electron chi connectivity index (χ4n) is 3.94. The molecule has 1 amide bonds. The highest BCUT2D eigenvalue weighted by atomic mass is 16.5. The average Bonchev–Trinajstić information content (AvgIpc) is 3.36. The Morgan fingerprint density at radius 1 is 1.24 bits per heavy atom. The van der Waals surface area contributed by atoms with E-state index in [0.717, 1.165) is 34.5 Å². The van der Waals surface area contributed by atoms with Crippen molar-refractivity contribution in [2.45, 2.75) is 38.3 Å². The first-order valence-corrected chi connectivity index (χ1v) is 9.99. The molecule has 1 aliphatic carbocycles. The first-order valence-electron chi connectivity index (χ1n) is 9.99. The fourth-order valence-corrected chi connectivity index (χ4v) is 3.94. The highest BCUT2D eigenvalue weighted by Gasteiger charge is 2.27. The van der Waals surface area contributed by atoms with Crippen LogP contribution in [0.4, 0.5) is 5.82 Å². The van der Waals surface area contributed by atoms with Gasteiger partial charge in [0.05, 0.1) is 18.7 Å². The summed E-state index contributed by atoms with van der Waals surface area (Å²) in [4.78, 5) is 19.6. The molecule has 8 heteroatoms.